The third-order valence-electron chi connectivity index (χ3n) is 5.24. The van der Waals surface area contributed by atoms with Gasteiger partial charge in [-0.3, -0.25) is 4.90 Å². The zero-order valence-electron chi connectivity index (χ0n) is 14.3. The van der Waals surface area contributed by atoms with E-state index in [1.54, 1.807) is 19.1 Å². The summed E-state index contributed by atoms with van der Waals surface area (Å²) in [6.45, 7) is 7.31. The van der Waals surface area contributed by atoms with Crippen molar-refractivity contribution < 1.29 is 8.42 Å². The van der Waals surface area contributed by atoms with Crippen LogP contribution < -0.4 is 5.32 Å². The van der Waals surface area contributed by atoms with Gasteiger partial charge in [-0.1, -0.05) is 19.1 Å². The molecule has 1 aliphatic heterocycles. The molecule has 0 spiro atoms. The fourth-order valence-corrected chi connectivity index (χ4v) is 4.56. The Bertz CT molecular complexity index is 637. The van der Waals surface area contributed by atoms with Gasteiger partial charge in [-0.05, 0) is 50.8 Å². The highest BCUT2D eigenvalue weighted by molar-refractivity contribution is 7.91. The molecule has 0 aromatic heterocycles. The van der Waals surface area contributed by atoms with Gasteiger partial charge in [-0.15, -0.1) is 0 Å². The summed E-state index contributed by atoms with van der Waals surface area (Å²) in [7, 11) is -3.11. The Balaban J connectivity index is 1.61. The summed E-state index contributed by atoms with van der Waals surface area (Å²) >= 11 is 0. The lowest BCUT2D eigenvalue weighted by Crippen LogP contribution is -2.35. The Hall–Kier alpha value is -0.910. The normalized spacial score (nSPS) is 27.3. The Morgan fingerprint density at radius 2 is 1.91 bits per heavy atom. The average molecular weight is 337 g/mol. The van der Waals surface area contributed by atoms with Crippen LogP contribution in [0.4, 0.5) is 0 Å². The predicted molar refractivity (Wildman–Crippen MR) is 93.3 cm³/mol. The molecule has 1 saturated carbocycles. The minimum atomic E-state index is -3.11. The van der Waals surface area contributed by atoms with E-state index in [4.69, 9.17) is 0 Å². The highest BCUT2D eigenvalue weighted by Crippen LogP contribution is 2.33. The van der Waals surface area contributed by atoms with Crippen LogP contribution >= 0.6 is 0 Å². The van der Waals surface area contributed by atoms with Crippen LogP contribution in [0.1, 0.15) is 51.6 Å². The zero-order chi connectivity index (χ0) is 16.6. The van der Waals surface area contributed by atoms with Gasteiger partial charge in [0.25, 0.3) is 0 Å². The number of nitrogens with zero attached hydrogens (tertiary/aromatic N) is 1. The van der Waals surface area contributed by atoms with Gasteiger partial charge in [0.1, 0.15) is 0 Å². The molecule has 0 amide bonds. The minimum absolute atomic E-state index is 0.150. The van der Waals surface area contributed by atoms with Crippen molar-refractivity contribution in [2.24, 2.45) is 0 Å². The van der Waals surface area contributed by atoms with Crippen LogP contribution in [0.5, 0.6) is 0 Å². The second kappa shape index (κ2) is 6.54. The van der Waals surface area contributed by atoms with E-state index in [1.165, 1.54) is 19.3 Å². The van der Waals surface area contributed by atoms with Crippen LogP contribution in [0, 0.1) is 0 Å². The number of nitrogens with one attached hydrogen (secondary N) is 1. The topological polar surface area (TPSA) is 49.4 Å². The van der Waals surface area contributed by atoms with Crippen molar-refractivity contribution in [2.45, 2.75) is 69.1 Å². The molecule has 1 heterocycles. The van der Waals surface area contributed by atoms with Crippen LogP contribution in [-0.4, -0.2) is 43.7 Å². The summed E-state index contributed by atoms with van der Waals surface area (Å²) in [5.74, 6) is 0.150. The van der Waals surface area contributed by atoms with E-state index >= 15 is 0 Å². The molecule has 23 heavy (non-hydrogen) atoms. The van der Waals surface area contributed by atoms with Gasteiger partial charge in [-0.2, -0.15) is 0 Å². The molecule has 0 unspecified atom stereocenters. The lowest BCUT2D eigenvalue weighted by Gasteiger charge is -2.21. The maximum absolute atomic E-state index is 11.9. The first kappa shape index (κ1) is 16.9. The lowest BCUT2D eigenvalue weighted by atomic mass is 10.1. The summed E-state index contributed by atoms with van der Waals surface area (Å²) in [4.78, 5) is 3.06. The SMILES string of the molecule is CCS(=O)(=O)c1ccc([C@H](C)N[C@H]2C[C@H](C)N(C3CC3)C2)cc1. The predicted octanol–water partition coefficient (Wildman–Crippen LogP) is 2.76. The van der Waals surface area contributed by atoms with E-state index in [0.717, 1.165) is 18.2 Å². The first-order chi connectivity index (χ1) is 10.9. The van der Waals surface area contributed by atoms with Crippen molar-refractivity contribution in [1.82, 2.24) is 10.2 Å². The quantitative estimate of drug-likeness (QED) is 0.868. The van der Waals surface area contributed by atoms with E-state index < -0.39 is 9.84 Å². The Morgan fingerprint density at radius 3 is 2.48 bits per heavy atom. The largest absolute Gasteiger partial charge is 0.306 e. The molecule has 0 radical (unpaired) electrons. The van der Waals surface area contributed by atoms with E-state index in [0.29, 0.717) is 17.0 Å². The molecule has 5 heteroatoms. The maximum atomic E-state index is 11.9. The fraction of sp³-hybridized carbons (Fsp3) is 0.667. The molecule has 1 N–H and O–H groups in total. The number of hydrogen-bond acceptors (Lipinski definition) is 4. The summed E-state index contributed by atoms with van der Waals surface area (Å²) in [6.07, 6.45) is 3.92. The number of likely N-dealkylation sites (tertiary alicyclic amines) is 1. The lowest BCUT2D eigenvalue weighted by molar-refractivity contribution is 0.254. The van der Waals surface area contributed by atoms with Crippen molar-refractivity contribution in [3.63, 3.8) is 0 Å². The van der Waals surface area contributed by atoms with Crippen molar-refractivity contribution >= 4 is 9.84 Å². The molecule has 1 saturated heterocycles. The smallest absolute Gasteiger partial charge is 0.178 e. The van der Waals surface area contributed by atoms with E-state index in [1.807, 2.05) is 12.1 Å². The first-order valence-electron chi connectivity index (χ1n) is 8.75. The van der Waals surface area contributed by atoms with Gasteiger partial charge in [0, 0.05) is 30.7 Å². The molecule has 1 aliphatic carbocycles. The number of rotatable bonds is 6. The van der Waals surface area contributed by atoms with Gasteiger partial charge >= 0.3 is 0 Å². The van der Waals surface area contributed by atoms with Crippen molar-refractivity contribution in [1.29, 1.82) is 0 Å². The molecule has 2 fully saturated rings. The van der Waals surface area contributed by atoms with E-state index in [9.17, 15) is 8.42 Å². The molecule has 128 valence electrons. The molecule has 3 atom stereocenters. The minimum Gasteiger partial charge on any atom is -0.306 e. The average Bonchev–Trinajstić information content (AvgIpc) is 3.31. The van der Waals surface area contributed by atoms with Crippen molar-refractivity contribution in [3.8, 4) is 0 Å². The Kier molecular flexibility index (Phi) is 4.81. The standard InChI is InChI=1S/C18H28N2O2S/c1-4-23(21,22)18-9-5-15(6-10-18)14(3)19-16-11-13(2)20(12-16)17-7-8-17/h5-6,9-10,13-14,16-17,19H,4,7-8,11-12H2,1-3H3/t13-,14-,16-/m0/s1. The second-order valence-electron chi connectivity index (χ2n) is 7.07. The third-order valence-corrected chi connectivity index (χ3v) is 6.99. The highest BCUT2D eigenvalue weighted by Gasteiger charge is 2.38. The van der Waals surface area contributed by atoms with E-state index in [-0.39, 0.29) is 11.8 Å². The van der Waals surface area contributed by atoms with Crippen LogP contribution in [-0.2, 0) is 9.84 Å². The Labute approximate surface area is 140 Å². The number of benzene rings is 1. The van der Waals surface area contributed by atoms with Gasteiger partial charge in [0.15, 0.2) is 9.84 Å². The van der Waals surface area contributed by atoms with Crippen molar-refractivity contribution in [3.05, 3.63) is 29.8 Å². The van der Waals surface area contributed by atoms with Gasteiger partial charge in [0.05, 0.1) is 10.6 Å². The molecule has 0 bridgehead atoms. The van der Waals surface area contributed by atoms with Gasteiger partial charge < -0.3 is 5.32 Å². The van der Waals surface area contributed by atoms with Crippen LogP contribution in [0.25, 0.3) is 0 Å². The van der Waals surface area contributed by atoms with Crippen molar-refractivity contribution in [2.75, 3.05) is 12.3 Å². The molecule has 1 aromatic carbocycles. The summed E-state index contributed by atoms with van der Waals surface area (Å²) in [6, 6.07) is 9.62. The van der Waals surface area contributed by atoms with Gasteiger partial charge in [-0.25, -0.2) is 8.42 Å². The monoisotopic (exact) mass is 336 g/mol. The van der Waals surface area contributed by atoms with Crippen LogP contribution in [0.2, 0.25) is 0 Å². The third kappa shape index (κ3) is 3.78. The Morgan fingerprint density at radius 1 is 1.26 bits per heavy atom. The highest BCUT2D eigenvalue weighted by atomic mass is 32.2. The molecule has 4 nitrogen and oxygen atoms in total. The first-order valence-corrected chi connectivity index (χ1v) is 10.4. The van der Waals surface area contributed by atoms with Crippen LogP contribution in [0.3, 0.4) is 0 Å². The zero-order valence-corrected chi connectivity index (χ0v) is 15.1. The van der Waals surface area contributed by atoms with Gasteiger partial charge in [0.2, 0.25) is 0 Å². The molecule has 1 aromatic rings. The fourth-order valence-electron chi connectivity index (χ4n) is 3.67. The number of hydrogen-bond donors (Lipinski definition) is 1. The second-order valence-corrected chi connectivity index (χ2v) is 9.35. The molecule has 2 aliphatic rings. The summed E-state index contributed by atoms with van der Waals surface area (Å²) in [5.41, 5.74) is 1.15. The molecular formula is C18H28N2O2S. The van der Waals surface area contributed by atoms with Crippen LogP contribution in [0.15, 0.2) is 29.2 Å². The number of sulfone groups is 1. The maximum Gasteiger partial charge on any atom is 0.178 e. The molecular weight excluding hydrogens is 308 g/mol. The van der Waals surface area contributed by atoms with E-state index in [2.05, 4.69) is 24.1 Å². The summed E-state index contributed by atoms with van der Waals surface area (Å²) < 4.78 is 23.8. The summed E-state index contributed by atoms with van der Waals surface area (Å²) in [5, 5.41) is 3.72. The molecule has 3 rings (SSSR count).